The van der Waals surface area contributed by atoms with Crippen molar-refractivity contribution in [3.8, 4) is 0 Å². The molecule has 0 bridgehead atoms. The second-order valence-electron chi connectivity index (χ2n) is 1.30. The van der Waals surface area contributed by atoms with E-state index >= 15 is 0 Å². The summed E-state index contributed by atoms with van der Waals surface area (Å²) in [5, 5.41) is 4.20. The molecule has 0 unspecified atom stereocenters. The first kappa shape index (κ1) is 6.66. The van der Waals surface area contributed by atoms with E-state index in [-0.39, 0.29) is 6.15 Å². The molecule has 0 fully saturated rings. The Bertz CT molecular complexity index is 112. The molecule has 1 aromatic rings. The predicted octanol–water partition coefficient (Wildman–Crippen LogP) is 2.22. The average Bonchev–Trinajstić information content (AvgIpc) is 1.86. The fourth-order valence-corrected chi connectivity index (χ4v) is 0.998. The molecule has 0 saturated heterocycles. The summed E-state index contributed by atoms with van der Waals surface area (Å²) in [6.07, 6.45) is 0. The topological polar surface area (TPSA) is 35.0 Å². The zero-order valence-electron chi connectivity index (χ0n) is 4.35. The third kappa shape index (κ3) is 1.71. The lowest BCUT2D eigenvalue weighted by Gasteiger charge is -1.65. The third-order valence-electron chi connectivity index (χ3n) is 0.663. The number of hydrogen-bond donors (Lipinski definition) is 1. The van der Waals surface area contributed by atoms with Crippen LogP contribution in [0.4, 0.5) is 0 Å². The Hall–Kier alpha value is -0.340. The van der Waals surface area contributed by atoms with Crippen LogP contribution in [-0.4, -0.2) is 0 Å². The summed E-state index contributed by atoms with van der Waals surface area (Å²) in [6.45, 7) is 2.09. The SMILES string of the molecule is Cc1ccsc1.N. The Labute approximate surface area is 47.6 Å². The summed E-state index contributed by atoms with van der Waals surface area (Å²) in [5.74, 6) is 0. The summed E-state index contributed by atoms with van der Waals surface area (Å²) in [6, 6.07) is 2.10. The Kier molecular flexibility index (Phi) is 2.64. The van der Waals surface area contributed by atoms with E-state index in [1.54, 1.807) is 11.3 Å². The van der Waals surface area contributed by atoms with Crippen molar-refractivity contribution < 1.29 is 0 Å². The van der Waals surface area contributed by atoms with Crippen molar-refractivity contribution >= 4 is 11.3 Å². The lowest BCUT2D eigenvalue weighted by molar-refractivity contribution is 1.56. The minimum Gasteiger partial charge on any atom is -0.344 e. The van der Waals surface area contributed by atoms with E-state index in [1.807, 2.05) is 0 Å². The number of hydrogen-bond acceptors (Lipinski definition) is 2. The molecule has 1 nitrogen and oxygen atoms in total. The Morgan fingerprint density at radius 3 is 2.43 bits per heavy atom. The smallest absolute Gasteiger partial charge is 0.00641 e. The van der Waals surface area contributed by atoms with Crippen LogP contribution in [-0.2, 0) is 0 Å². The molecule has 1 heterocycles. The molecular weight excluding hydrogens is 106 g/mol. The average molecular weight is 115 g/mol. The standard InChI is InChI=1S/C5H6S.H3N/c1-5-2-3-6-4-5;/h2-4H,1H3;1H3. The van der Waals surface area contributed by atoms with Crippen LogP contribution in [0, 0.1) is 6.92 Å². The van der Waals surface area contributed by atoms with Crippen molar-refractivity contribution in [1.82, 2.24) is 6.15 Å². The molecule has 1 aromatic heterocycles. The highest BCUT2D eigenvalue weighted by Crippen LogP contribution is 2.01. The van der Waals surface area contributed by atoms with E-state index in [0.29, 0.717) is 0 Å². The van der Waals surface area contributed by atoms with Gasteiger partial charge in [-0.1, -0.05) is 0 Å². The molecule has 0 aliphatic heterocycles. The molecule has 0 atom stereocenters. The van der Waals surface area contributed by atoms with Gasteiger partial charge in [0.2, 0.25) is 0 Å². The summed E-state index contributed by atoms with van der Waals surface area (Å²) in [7, 11) is 0. The van der Waals surface area contributed by atoms with Crippen molar-refractivity contribution in [2.75, 3.05) is 0 Å². The van der Waals surface area contributed by atoms with Crippen LogP contribution in [0.1, 0.15) is 5.56 Å². The van der Waals surface area contributed by atoms with Gasteiger partial charge in [-0.2, -0.15) is 11.3 Å². The molecule has 3 N–H and O–H groups in total. The predicted molar refractivity (Wildman–Crippen MR) is 34.1 cm³/mol. The van der Waals surface area contributed by atoms with Crippen molar-refractivity contribution in [3.63, 3.8) is 0 Å². The fraction of sp³-hybridized carbons (Fsp3) is 0.200. The van der Waals surface area contributed by atoms with Crippen LogP contribution in [0.15, 0.2) is 16.8 Å². The molecule has 0 aliphatic rings. The van der Waals surface area contributed by atoms with Crippen LogP contribution >= 0.6 is 11.3 Å². The van der Waals surface area contributed by atoms with Crippen LogP contribution in [0.25, 0.3) is 0 Å². The first-order valence-corrected chi connectivity index (χ1v) is 2.82. The molecule has 0 aromatic carbocycles. The van der Waals surface area contributed by atoms with Gasteiger partial charge in [0.1, 0.15) is 0 Å². The van der Waals surface area contributed by atoms with Gasteiger partial charge in [-0.15, -0.1) is 0 Å². The molecule has 2 heteroatoms. The monoisotopic (exact) mass is 115 g/mol. The molecule has 0 aliphatic carbocycles. The number of rotatable bonds is 0. The maximum Gasteiger partial charge on any atom is -0.00641 e. The van der Waals surface area contributed by atoms with Gasteiger partial charge in [0.15, 0.2) is 0 Å². The number of thiophene rings is 1. The van der Waals surface area contributed by atoms with E-state index in [9.17, 15) is 0 Å². The second-order valence-corrected chi connectivity index (χ2v) is 2.08. The third-order valence-corrected chi connectivity index (χ3v) is 1.46. The minimum absolute atomic E-state index is 0. The molecular formula is C5H9NS. The zero-order chi connectivity index (χ0) is 4.41. The molecule has 0 spiro atoms. The van der Waals surface area contributed by atoms with Crippen molar-refractivity contribution in [1.29, 1.82) is 0 Å². The molecule has 7 heavy (non-hydrogen) atoms. The van der Waals surface area contributed by atoms with Crippen molar-refractivity contribution in [2.24, 2.45) is 0 Å². The van der Waals surface area contributed by atoms with Gasteiger partial charge in [-0.25, -0.2) is 0 Å². The van der Waals surface area contributed by atoms with Gasteiger partial charge in [0, 0.05) is 0 Å². The summed E-state index contributed by atoms with van der Waals surface area (Å²) >= 11 is 1.74. The maximum absolute atomic E-state index is 2.12. The highest BCUT2D eigenvalue weighted by atomic mass is 32.1. The zero-order valence-corrected chi connectivity index (χ0v) is 5.16. The summed E-state index contributed by atoms with van der Waals surface area (Å²) in [4.78, 5) is 0. The van der Waals surface area contributed by atoms with Gasteiger partial charge in [0.25, 0.3) is 0 Å². The largest absolute Gasteiger partial charge is 0.344 e. The second kappa shape index (κ2) is 2.77. The Morgan fingerprint density at radius 1 is 1.57 bits per heavy atom. The van der Waals surface area contributed by atoms with E-state index in [1.165, 1.54) is 5.56 Å². The lowest BCUT2D eigenvalue weighted by atomic mass is 10.4. The highest BCUT2D eigenvalue weighted by Gasteiger charge is 1.74. The van der Waals surface area contributed by atoms with Gasteiger partial charge >= 0.3 is 0 Å². The Balaban J connectivity index is 0.000000360. The minimum atomic E-state index is 0. The summed E-state index contributed by atoms with van der Waals surface area (Å²) < 4.78 is 0. The Morgan fingerprint density at radius 2 is 2.29 bits per heavy atom. The molecule has 0 saturated carbocycles. The molecule has 40 valence electrons. The quantitative estimate of drug-likeness (QED) is 0.552. The molecule has 1 rings (SSSR count). The molecule has 0 amide bonds. The van der Waals surface area contributed by atoms with Gasteiger partial charge < -0.3 is 6.15 Å². The van der Waals surface area contributed by atoms with Crippen molar-refractivity contribution in [3.05, 3.63) is 22.4 Å². The lowest BCUT2D eigenvalue weighted by Crippen LogP contribution is -1.47. The first-order valence-electron chi connectivity index (χ1n) is 1.88. The van der Waals surface area contributed by atoms with E-state index in [4.69, 9.17) is 0 Å². The fourth-order valence-electron chi connectivity index (χ4n) is 0.333. The first-order chi connectivity index (χ1) is 2.89. The van der Waals surface area contributed by atoms with Gasteiger partial charge in [-0.3, -0.25) is 0 Å². The highest BCUT2D eigenvalue weighted by molar-refractivity contribution is 7.07. The maximum atomic E-state index is 2.12. The van der Waals surface area contributed by atoms with Gasteiger partial charge in [0.05, 0.1) is 0 Å². The van der Waals surface area contributed by atoms with Crippen molar-refractivity contribution in [2.45, 2.75) is 6.92 Å². The van der Waals surface area contributed by atoms with Crippen LogP contribution < -0.4 is 6.15 Å². The van der Waals surface area contributed by atoms with E-state index in [2.05, 4.69) is 23.8 Å². The van der Waals surface area contributed by atoms with Crippen LogP contribution in [0.5, 0.6) is 0 Å². The van der Waals surface area contributed by atoms with Crippen LogP contribution in [0.2, 0.25) is 0 Å². The normalized spacial score (nSPS) is 7.57. The summed E-state index contributed by atoms with van der Waals surface area (Å²) in [5.41, 5.74) is 1.36. The molecule has 0 radical (unpaired) electrons. The number of aryl methyl sites for hydroxylation is 1. The van der Waals surface area contributed by atoms with Gasteiger partial charge in [-0.05, 0) is 29.3 Å². The van der Waals surface area contributed by atoms with E-state index < -0.39 is 0 Å². The van der Waals surface area contributed by atoms with E-state index in [0.717, 1.165) is 0 Å². The van der Waals surface area contributed by atoms with Crippen LogP contribution in [0.3, 0.4) is 0 Å².